The molecule has 1 aromatic heterocycles. The zero-order chi connectivity index (χ0) is 21.5. The second kappa shape index (κ2) is 7.68. The molecule has 0 fully saturated rings. The lowest BCUT2D eigenvalue weighted by Gasteiger charge is -2.09. The van der Waals surface area contributed by atoms with Crippen molar-refractivity contribution in [1.82, 2.24) is 5.16 Å². The maximum Gasteiger partial charge on any atom is 0.298 e. The van der Waals surface area contributed by atoms with Gasteiger partial charge in [0, 0.05) is 11.8 Å². The molecule has 0 amide bonds. The summed E-state index contributed by atoms with van der Waals surface area (Å²) in [5.74, 6) is -3.58. The molecule has 0 bridgehead atoms. The summed E-state index contributed by atoms with van der Waals surface area (Å²) < 4.78 is 88.5. The molecule has 3 aromatic rings. The van der Waals surface area contributed by atoms with Gasteiger partial charge in [-0.25, -0.2) is 26.0 Å². The maximum atomic E-state index is 14.3. The average molecular weight is 450 g/mol. The number of methoxy groups -OCH3 is 1. The van der Waals surface area contributed by atoms with Gasteiger partial charge in [0.1, 0.15) is 28.0 Å². The molecule has 1 heterocycles. The van der Waals surface area contributed by atoms with E-state index in [1.54, 1.807) is 0 Å². The van der Waals surface area contributed by atoms with Gasteiger partial charge in [0.05, 0.1) is 17.7 Å². The van der Waals surface area contributed by atoms with Crippen LogP contribution in [0.4, 0.5) is 17.6 Å². The number of ether oxygens (including phenoxy) is 1. The van der Waals surface area contributed by atoms with Crippen molar-refractivity contribution in [3.05, 3.63) is 52.7 Å². The van der Waals surface area contributed by atoms with E-state index in [1.165, 1.54) is 25.3 Å². The van der Waals surface area contributed by atoms with Crippen LogP contribution in [0.1, 0.15) is 12.2 Å². The molecule has 0 unspecified atom stereocenters. The van der Waals surface area contributed by atoms with Crippen LogP contribution in [0.15, 0.2) is 39.8 Å². The molecule has 0 aliphatic rings. The van der Waals surface area contributed by atoms with Gasteiger partial charge >= 0.3 is 0 Å². The lowest BCUT2D eigenvalue weighted by Crippen LogP contribution is -2.05. The minimum Gasteiger partial charge on any atom is -0.495 e. The van der Waals surface area contributed by atoms with Crippen molar-refractivity contribution in [3.63, 3.8) is 0 Å². The maximum absolute atomic E-state index is 14.3. The smallest absolute Gasteiger partial charge is 0.298 e. The Labute approximate surface area is 167 Å². The number of alkyl halides is 2. The molecular weight excluding hydrogens is 438 g/mol. The van der Waals surface area contributed by atoms with Gasteiger partial charge in [-0.1, -0.05) is 22.8 Å². The molecule has 2 aromatic carbocycles. The van der Waals surface area contributed by atoms with Gasteiger partial charge in [0.15, 0.2) is 9.84 Å². The van der Waals surface area contributed by atoms with Crippen LogP contribution in [0.5, 0.6) is 5.75 Å². The zero-order valence-electron chi connectivity index (χ0n) is 14.8. The number of hydrogen-bond donors (Lipinski definition) is 0. The summed E-state index contributed by atoms with van der Waals surface area (Å²) in [4.78, 5) is -1.16. The second-order valence-corrected chi connectivity index (χ2v) is 8.32. The van der Waals surface area contributed by atoms with E-state index in [4.69, 9.17) is 20.9 Å². The first-order chi connectivity index (χ1) is 13.5. The lowest BCUT2D eigenvalue weighted by atomic mass is 9.98. The normalized spacial score (nSPS) is 11.9. The Morgan fingerprint density at radius 2 is 1.72 bits per heavy atom. The summed E-state index contributed by atoms with van der Waals surface area (Å²) in [6.07, 6.45) is -2.52. The number of sulfone groups is 1. The minimum absolute atomic E-state index is 0.152. The molecule has 11 heteroatoms. The first kappa shape index (κ1) is 21.1. The topological polar surface area (TPSA) is 69.4 Å². The van der Waals surface area contributed by atoms with Crippen molar-refractivity contribution in [2.24, 2.45) is 0 Å². The highest BCUT2D eigenvalue weighted by atomic mass is 35.5. The van der Waals surface area contributed by atoms with E-state index in [9.17, 15) is 26.0 Å². The summed E-state index contributed by atoms with van der Waals surface area (Å²) in [7, 11) is -2.88. The third-order valence-electron chi connectivity index (χ3n) is 4.00. The highest BCUT2D eigenvalue weighted by Crippen LogP contribution is 2.41. The standard InChI is InChI=1S/C18H12ClF4NO4S/c1-27-13-7-8(3-4-10(13)19)15-14(16(18(22)23)28-24-15)9-5-11(20)17(12(21)6-9)29(2,25)26/h3-7,18H,1-2H3. The highest BCUT2D eigenvalue weighted by molar-refractivity contribution is 7.90. The minimum atomic E-state index is -4.22. The van der Waals surface area contributed by atoms with E-state index < -0.39 is 38.6 Å². The summed E-state index contributed by atoms with van der Waals surface area (Å²) >= 11 is 5.95. The summed E-state index contributed by atoms with van der Waals surface area (Å²) in [6.45, 7) is 0. The third-order valence-corrected chi connectivity index (χ3v) is 5.44. The number of nitrogens with zero attached hydrogens (tertiary/aromatic N) is 1. The summed E-state index contributed by atoms with van der Waals surface area (Å²) in [5, 5.41) is 3.84. The van der Waals surface area contributed by atoms with Crippen LogP contribution in [0.2, 0.25) is 5.02 Å². The van der Waals surface area contributed by atoms with Crippen LogP contribution in [-0.2, 0) is 9.84 Å². The molecule has 0 aliphatic carbocycles. The number of halogens is 5. The number of hydrogen-bond acceptors (Lipinski definition) is 5. The predicted molar refractivity (Wildman–Crippen MR) is 96.9 cm³/mol. The Kier molecular flexibility index (Phi) is 5.59. The SMILES string of the molecule is COc1cc(-c2noc(C(F)F)c2-c2cc(F)c(S(C)(=O)=O)c(F)c2)ccc1Cl. The van der Waals surface area contributed by atoms with Crippen molar-refractivity contribution < 1.29 is 35.2 Å². The van der Waals surface area contributed by atoms with E-state index in [0.29, 0.717) is 18.4 Å². The summed E-state index contributed by atoms with van der Waals surface area (Å²) in [5.41, 5.74) is -0.679. The van der Waals surface area contributed by atoms with E-state index in [-0.39, 0.29) is 33.2 Å². The quantitative estimate of drug-likeness (QED) is 0.495. The Bertz CT molecular complexity index is 1170. The Hall–Kier alpha value is -2.59. The molecular formula is C18H12ClF4NO4S. The van der Waals surface area contributed by atoms with Gasteiger partial charge in [-0.15, -0.1) is 0 Å². The third kappa shape index (κ3) is 3.95. The van der Waals surface area contributed by atoms with Crippen LogP contribution in [-0.4, -0.2) is 26.9 Å². The van der Waals surface area contributed by atoms with Crippen LogP contribution in [0.3, 0.4) is 0 Å². The highest BCUT2D eigenvalue weighted by Gasteiger charge is 2.29. The largest absolute Gasteiger partial charge is 0.495 e. The fourth-order valence-electron chi connectivity index (χ4n) is 2.79. The Balaban J connectivity index is 2.29. The van der Waals surface area contributed by atoms with E-state index in [1.807, 2.05) is 0 Å². The fourth-order valence-corrected chi connectivity index (χ4v) is 3.81. The van der Waals surface area contributed by atoms with Crippen molar-refractivity contribution in [3.8, 4) is 28.1 Å². The van der Waals surface area contributed by atoms with Crippen LogP contribution < -0.4 is 4.74 Å². The molecule has 0 saturated carbocycles. The van der Waals surface area contributed by atoms with Crippen LogP contribution in [0, 0.1) is 11.6 Å². The van der Waals surface area contributed by atoms with Crippen molar-refractivity contribution in [2.75, 3.05) is 13.4 Å². The molecule has 0 saturated heterocycles. The molecule has 3 rings (SSSR count). The zero-order valence-corrected chi connectivity index (χ0v) is 16.4. The molecule has 0 aliphatic heterocycles. The van der Waals surface area contributed by atoms with Gasteiger partial charge in [-0.2, -0.15) is 0 Å². The van der Waals surface area contributed by atoms with Crippen molar-refractivity contribution >= 4 is 21.4 Å². The van der Waals surface area contributed by atoms with Gasteiger partial charge < -0.3 is 9.26 Å². The molecule has 5 nitrogen and oxygen atoms in total. The second-order valence-electron chi connectivity index (χ2n) is 5.96. The van der Waals surface area contributed by atoms with E-state index in [2.05, 4.69) is 5.16 Å². The lowest BCUT2D eigenvalue weighted by molar-refractivity contribution is 0.113. The van der Waals surface area contributed by atoms with Gasteiger partial charge in [-0.3, -0.25) is 0 Å². The molecule has 154 valence electrons. The first-order valence-electron chi connectivity index (χ1n) is 7.85. The molecule has 29 heavy (non-hydrogen) atoms. The number of aromatic nitrogens is 1. The molecule has 0 N–H and O–H groups in total. The summed E-state index contributed by atoms with van der Waals surface area (Å²) in [6, 6.07) is 5.50. The molecule has 0 atom stereocenters. The van der Waals surface area contributed by atoms with Crippen LogP contribution in [0.25, 0.3) is 22.4 Å². The van der Waals surface area contributed by atoms with E-state index in [0.717, 1.165) is 0 Å². The van der Waals surface area contributed by atoms with Crippen molar-refractivity contribution in [1.29, 1.82) is 0 Å². The van der Waals surface area contributed by atoms with E-state index >= 15 is 0 Å². The number of rotatable bonds is 5. The number of benzene rings is 2. The van der Waals surface area contributed by atoms with Gasteiger partial charge in [0.2, 0.25) is 5.76 Å². The van der Waals surface area contributed by atoms with Crippen molar-refractivity contribution in [2.45, 2.75) is 11.3 Å². The Morgan fingerprint density at radius 3 is 2.24 bits per heavy atom. The fraction of sp³-hybridized carbons (Fsp3) is 0.167. The first-order valence-corrected chi connectivity index (χ1v) is 10.1. The van der Waals surface area contributed by atoms with Gasteiger partial charge in [-0.05, 0) is 29.8 Å². The monoisotopic (exact) mass is 449 g/mol. The Morgan fingerprint density at radius 1 is 1.10 bits per heavy atom. The molecule has 0 radical (unpaired) electrons. The van der Waals surface area contributed by atoms with Gasteiger partial charge in [0.25, 0.3) is 6.43 Å². The molecule has 0 spiro atoms. The predicted octanol–water partition coefficient (Wildman–Crippen LogP) is 5.29. The van der Waals surface area contributed by atoms with Crippen LogP contribution >= 0.6 is 11.6 Å². The average Bonchev–Trinajstić information content (AvgIpc) is 3.05.